The molecular weight excluding hydrogens is 251 g/mol. The van der Waals surface area contributed by atoms with Crippen molar-refractivity contribution in [3.8, 4) is 0 Å². The van der Waals surface area contributed by atoms with Crippen LogP contribution in [0.15, 0.2) is 23.3 Å². The Bertz CT molecular complexity index is 253. The van der Waals surface area contributed by atoms with Gasteiger partial charge in [0.25, 0.3) is 0 Å². The molecule has 0 aromatic carbocycles. The van der Waals surface area contributed by atoms with Crippen molar-refractivity contribution < 1.29 is 22.4 Å². The van der Waals surface area contributed by atoms with Crippen molar-refractivity contribution in [3.05, 3.63) is 23.3 Å². The molecule has 2 rings (SSSR count). The van der Waals surface area contributed by atoms with E-state index in [4.69, 9.17) is 0 Å². The molecule has 1 atom stereocenters. The van der Waals surface area contributed by atoms with E-state index in [-0.39, 0.29) is 28.3 Å². The fraction of sp³-hybridized carbons (Fsp3) is 0.636. The van der Waals surface area contributed by atoms with Crippen molar-refractivity contribution in [2.75, 3.05) is 0 Å². The van der Waals surface area contributed by atoms with Gasteiger partial charge in [-0.1, -0.05) is 0 Å². The van der Waals surface area contributed by atoms with Crippen LogP contribution in [0.1, 0.15) is 25.7 Å². The van der Waals surface area contributed by atoms with Crippen molar-refractivity contribution in [2.24, 2.45) is 0 Å². The van der Waals surface area contributed by atoms with E-state index in [9.17, 15) is 0 Å². The number of rotatable bonds is 2. The van der Waals surface area contributed by atoms with Crippen LogP contribution < -0.4 is 0 Å². The predicted molar refractivity (Wildman–Crippen MR) is 57.3 cm³/mol. The van der Waals surface area contributed by atoms with Crippen LogP contribution in [0, 0.1) is 0 Å². The van der Waals surface area contributed by atoms with Crippen LogP contribution >= 0.6 is 0 Å². The molecule has 1 unspecified atom stereocenters. The minimum absolute atomic E-state index is 0.0276. The molecule has 2 aliphatic carbocycles. The summed E-state index contributed by atoms with van der Waals surface area (Å²) in [7, 11) is 0. The molecule has 0 amide bonds. The Morgan fingerprint density at radius 2 is 2.08 bits per heavy atom. The van der Waals surface area contributed by atoms with Crippen LogP contribution in [0.5, 0.6) is 0 Å². The number of hydrogen-bond donors (Lipinski definition) is 0. The summed E-state index contributed by atoms with van der Waals surface area (Å²) in [6.45, 7) is 5.09. The molecule has 0 N–H and O–H groups in total. The zero-order valence-corrected chi connectivity index (χ0v) is 12.3. The molecule has 0 saturated carbocycles. The zero-order valence-electron chi connectivity index (χ0n) is 8.64. The van der Waals surface area contributed by atoms with Gasteiger partial charge in [-0.2, -0.15) is 0 Å². The van der Waals surface area contributed by atoms with E-state index < -0.39 is 0 Å². The van der Waals surface area contributed by atoms with Crippen LogP contribution in [0.25, 0.3) is 0 Å². The summed E-state index contributed by atoms with van der Waals surface area (Å²) >= 11 is -0.0276. The average Bonchev–Trinajstić information content (AvgIpc) is 2.48. The van der Waals surface area contributed by atoms with Crippen LogP contribution in [0.3, 0.4) is 0 Å². The molecule has 70 valence electrons. The topological polar surface area (TPSA) is 0 Å². The van der Waals surface area contributed by atoms with E-state index in [1.165, 1.54) is 25.7 Å². The maximum atomic E-state index is 2.55. The fourth-order valence-electron chi connectivity index (χ4n) is 2.34. The Morgan fingerprint density at radius 3 is 2.85 bits per heavy atom. The molecule has 13 heavy (non-hydrogen) atoms. The van der Waals surface area contributed by atoms with E-state index in [1.807, 2.05) is 5.57 Å². The van der Waals surface area contributed by atoms with Gasteiger partial charge in [-0.25, -0.2) is 0 Å². The third kappa shape index (κ3) is 2.33. The average molecular weight is 270 g/mol. The van der Waals surface area contributed by atoms with Crippen molar-refractivity contribution in [1.29, 1.82) is 0 Å². The third-order valence-electron chi connectivity index (χ3n) is 2.93. The molecule has 0 bridgehead atoms. The number of allylic oxidation sites excluding steroid dienone is 4. The first kappa shape index (κ1) is 10.1. The normalized spacial score (nSPS) is 26.8. The van der Waals surface area contributed by atoms with Gasteiger partial charge in [0.15, 0.2) is 0 Å². The van der Waals surface area contributed by atoms with E-state index in [1.54, 1.807) is 5.57 Å². The van der Waals surface area contributed by atoms with Gasteiger partial charge in [0.05, 0.1) is 0 Å². The van der Waals surface area contributed by atoms with Crippen LogP contribution in [0.2, 0.25) is 16.7 Å². The Balaban J connectivity index is 2.07. The van der Waals surface area contributed by atoms with Gasteiger partial charge in [0.1, 0.15) is 0 Å². The summed E-state index contributed by atoms with van der Waals surface area (Å²) in [4.78, 5) is 0. The van der Waals surface area contributed by atoms with E-state index in [0.717, 1.165) is 3.63 Å². The minimum atomic E-state index is -0.206. The molecule has 0 radical (unpaired) electrons. The Hall–Kier alpha value is 0.580. The second-order valence-corrected chi connectivity index (χ2v) is 19.6. The zero-order chi connectivity index (χ0) is 9.26. The monoisotopic (exact) mass is 268 g/mol. The quantitative estimate of drug-likeness (QED) is 0.675. The fourth-order valence-corrected chi connectivity index (χ4v) is 12.0. The standard InChI is InChI=1S/C9H11.C2H7Si.Zr/c1-2-5-9-7-3-6-8(9)4-1;1-3-2;/h3,6-7H,1-2,4-5H2;3H,1-2H3;. The second kappa shape index (κ2) is 4.40. The van der Waals surface area contributed by atoms with Crippen molar-refractivity contribution >= 4 is 5.92 Å². The molecular formula is C11H18SiZr. The summed E-state index contributed by atoms with van der Waals surface area (Å²) < 4.78 is 1.03. The van der Waals surface area contributed by atoms with Crippen molar-refractivity contribution in [1.82, 2.24) is 0 Å². The second-order valence-electron chi connectivity index (χ2n) is 4.42. The summed E-state index contributed by atoms with van der Waals surface area (Å²) in [5, 5.41) is 0. The molecule has 0 nitrogen and oxygen atoms in total. The molecule has 2 aliphatic rings. The molecule has 0 heterocycles. The van der Waals surface area contributed by atoms with E-state index in [0.29, 0.717) is 0 Å². The Morgan fingerprint density at radius 1 is 1.31 bits per heavy atom. The molecule has 0 aromatic rings. The summed E-state index contributed by atoms with van der Waals surface area (Å²) in [5.41, 5.74) is 3.63. The van der Waals surface area contributed by atoms with Gasteiger partial charge in [-0.05, 0) is 0 Å². The maximum absolute atomic E-state index is 2.55. The molecule has 0 aromatic heterocycles. The SMILES string of the molecule is C[SiH](C)[Zr][CH]1C=CC2=C1CCCC2. The van der Waals surface area contributed by atoms with E-state index >= 15 is 0 Å². The van der Waals surface area contributed by atoms with Gasteiger partial charge in [-0.15, -0.1) is 0 Å². The van der Waals surface area contributed by atoms with Gasteiger partial charge < -0.3 is 0 Å². The predicted octanol–water partition coefficient (Wildman–Crippen LogP) is 3.28. The van der Waals surface area contributed by atoms with Crippen molar-refractivity contribution in [2.45, 2.75) is 42.4 Å². The first-order chi connectivity index (χ1) is 6.27. The van der Waals surface area contributed by atoms with Crippen LogP contribution in [-0.4, -0.2) is 5.92 Å². The molecule has 2 heteroatoms. The van der Waals surface area contributed by atoms with Crippen molar-refractivity contribution in [3.63, 3.8) is 0 Å². The summed E-state index contributed by atoms with van der Waals surface area (Å²) in [5.74, 6) is -0.206. The van der Waals surface area contributed by atoms with Gasteiger partial charge in [0.2, 0.25) is 0 Å². The van der Waals surface area contributed by atoms with Crippen LogP contribution in [0.4, 0.5) is 0 Å². The summed E-state index contributed by atoms with van der Waals surface area (Å²) in [6.07, 6.45) is 10.7. The summed E-state index contributed by atoms with van der Waals surface area (Å²) in [6, 6.07) is 0. The van der Waals surface area contributed by atoms with Gasteiger partial charge in [-0.3, -0.25) is 0 Å². The molecule has 0 aliphatic heterocycles. The number of hydrogen-bond acceptors (Lipinski definition) is 0. The Kier molecular flexibility index (Phi) is 3.42. The molecule has 0 saturated heterocycles. The first-order valence-electron chi connectivity index (χ1n) is 5.43. The van der Waals surface area contributed by atoms with Gasteiger partial charge >= 0.3 is 94.0 Å². The van der Waals surface area contributed by atoms with Gasteiger partial charge in [0, 0.05) is 0 Å². The third-order valence-corrected chi connectivity index (χ3v) is 12.9. The molecule has 0 spiro atoms. The van der Waals surface area contributed by atoms with E-state index in [2.05, 4.69) is 25.2 Å². The van der Waals surface area contributed by atoms with Crippen LogP contribution in [-0.2, 0) is 22.4 Å². The Labute approximate surface area is 93.6 Å². The first-order valence-corrected chi connectivity index (χ1v) is 14.0. The molecule has 0 fully saturated rings.